The molecule has 1 aromatic carbocycles. The number of hydrogen-bond donors (Lipinski definition) is 1. The monoisotopic (exact) mass is 599 g/mol. The van der Waals surface area contributed by atoms with Crippen LogP contribution in [0.2, 0.25) is 5.02 Å². The molecule has 1 N–H and O–H groups in total. The number of nitrogens with one attached hydrogen (secondary N) is 1. The minimum atomic E-state index is -3.52. The number of aromatic nitrogens is 3. The predicted molar refractivity (Wildman–Crippen MR) is 157 cm³/mol. The van der Waals surface area contributed by atoms with E-state index >= 15 is 0 Å². The highest BCUT2D eigenvalue weighted by atomic mass is 35.5. The molecule has 1 aliphatic carbocycles. The summed E-state index contributed by atoms with van der Waals surface area (Å²) in [5.74, 6) is -0.270. The van der Waals surface area contributed by atoms with Gasteiger partial charge >= 0.3 is 0 Å². The number of piperazine rings is 1. The first kappa shape index (κ1) is 29.4. The zero-order valence-corrected chi connectivity index (χ0v) is 25.1. The molecule has 218 valence electrons. The first-order valence-corrected chi connectivity index (χ1v) is 15.0. The van der Waals surface area contributed by atoms with E-state index in [0.717, 1.165) is 33.7 Å². The topological polar surface area (TPSA) is 113 Å². The number of rotatable bonds is 8. The van der Waals surface area contributed by atoms with E-state index in [1.165, 1.54) is 15.7 Å². The van der Waals surface area contributed by atoms with Gasteiger partial charge in [-0.3, -0.25) is 14.7 Å². The number of pyridine rings is 1. The van der Waals surface area contributed by atoms with Crippen molar-refractivity contribution in [2.45, 2.75) is 12.1 Å². The lowest BCUT2D eigenvalue weighted by Crippen LogP contribution is -2.52. The van der Waals surface area contributed by atoms with E-state index in [-0.39, 0.29) is 18.6 Å². The van der Waals surface area contributed by atoms with Gasteiger partial charge in [0.25, 0.3) is 10.2 Å². The van der Waals surface area contributed by atoms with Gasteiger partial charge in [0.1, 0.15) is 6.61 Å². The summed E-state index contributed by atoms with van der Waals surface area (Å²) in [5, 5.41) is 3.69. The quantitative estimate of drug-likeness (QED) is 0.423. The van der Waals surface area contributed by atoms with Crippen LogP contribution in [-0.4, -0.2) is 96.4 Å². The largest absolute Gasteiger partial charge is 0.375 e. The minimum absolute atomic E-state index is 0.0923. The zero-order valence-electron chi connectivity index (χ0n) is 23.5. The molecule has 0 radical (unpaired) electrons. The average molecular weight is 600 g/mol. The molecule has 0 spiro atoms. The number of carbonyl (C=O) groups is 1. The number of aryl methyl sites for hydroxylation is 1. The van der Waals surface area contributed by atoms with Crippen LogP contribution in [0.15, 0.2) is 49.1 Å². The SMILES string of the molecule is COCC(=O)NC(C1=Cc2cccnc2C(N2CCN(S(=O)(=O)N(C)C)CC2)c2ccc(Cl)cc21)c1cncn1C. The molecule has 1 fully saturated rings. The molecule has 2 aliphatic rings. The number of fused-ring (bicyclic) bond motifs is 2. The Bertz CT molecular complexity index is 1560. The molecule has 1 amide bonds. The van der Waals surface area contributed by atoms with Crippen LogP contribution in [0, 0.1) is 0 Å². The van der Waals surface area contributed by atoms with Gasteiger partial charge in [-0.15, -0.1) is 0 Å². The molecule has 11 nitrogen and oxygen atoms in total. The molecular weight excluding hydrogens is 566 g/mol. The van der Waals surface area contributed by atoms with Crippen LogP contribution in [0.5, 0.6) is 0 Å². The van der Waals surface area contributed by atoms with Gasteiger partial charge in [-0.25, -0.2) is 4.98 Å². The lowest BCUT2D eigenvalue weighted by atomic mass is 9.89. The van der Waals surface area contributed by atoms with Crippen LogP contribution < -0.4 is 5.32 Å². The van der Waals surface area contributed by atoms with E-state index in [2.05, 4.69) is 21.3 Å². The first-order chi connectivity index (χ1) is 19.6. The number of amides is 1. The molecule has 1 aliphatic heterocycles. The summed E-state index contributed by atoms with van der Waals surface area (Å²) in [7, 11) is 2.94. The van der Waals surface area contributed by atoms with E-state index < -0.39 is 16.3 Å². The number of imidazole rings is 1. The lowest BCUT2D eigenvalue weighted by molar-refractivity contribution is -0.125. The van der Waals surface area contributed by atoms with Gasteiger partial charge in [0.15, 0.2) is 0 Å². The van der Waals surface area contributed by atoms with Gasteiger partial charge in [-0.05, 0) is 46.5 Å². The van der Waals surface area contributed by atoms with Crippen LogP contribution in [0.3, 0.4) is 0 Å². The molecule has 3 heterocycles. The van der Waals surface area contributed by atoms with Gasteiger partial charge in [0.05, 0.1) is 36.0 Å². The van der Waals surface area contributed by atoms with Crippen molar-refractivity contribution in [1.29, 1.82) is 0 Å². The van der Waals surface area contributed by atoms with Crippen molar-refractivity contribution in [3.63, 3.8) is 0 Å². The van der Waals surface area contributed by atoms with E-state index in [0.29, 0.717) is 31.2 Å². The predicted octanol–water partition coefficient (Wildman–Crippen LogP) is 2.34. The Morgan fingerprint density at radius 2 is 1.98 bits per heavy atom. The highest BCUT2D eigenvalue weighted by Gasteiger charge is 2.37. The third-order valence-corrected chi connectivity index (χ3v) is 9.71. The van der Waals surface area contributed by atoms with E-state index in [9.17, 15) is 13.2 Å². The molecule has 0 bridgehead atoms. The number of carbonyl (C=O) groups excluding carboxylic acids is 1. The highest BCUT2D eigenvalue weighted by Crippen LogP contribution is 2.44. The molecule has 41 heavy (non-hydrogen) atoms. The molecule has 0 saturated carbocycles. The smallest absolute Gasteiger partial charge is 0.281 e. The van der Waals surface area contributed by atoms with E-state index in [1.807, 2.05) is 41.9 Å². The number of benzene rings is 1. The Balaban J connectivity index is 1.63. The van der Waals surface area contributed by atoms with Gasteiger partial charge in [0.2, 0.25) is 5.91 Å². The second-order valence-corrected chi connectivity index (χ2v) is 12.9. The summed E-state index contributed by atoms with van der Waals surface area (Å²) >= 11 is 6.60. The Morgan fingerprint density at radius 1 is 1.22 bits per heavy atom. The van der Waals surface area contributed by atoms with Crippen molar-refractivity contribution < 1.29 is 17.9 Å². The first-order valence-electron chi connectivity index (χ1n) is 13.2. The van der Waals surface area contributed by atoms with Crippen LogP contribution in [0.25, 0.3) is 11.6 Å². The fourth-order valence-corrected chi connectivity index (χ4v) is 6.77. The van der Waals surface area contributed by atoms with Crippen molar-refractivity contribution in [2.24, 2.45) is 7.05 Å². The molecule has 2 unspecified atom stereocenters. The summed E-state index contributed by atoms with van der Waals surface area (Å²) in [6.45, 7) is 1.65. The van der Waals surface area contributed by atoms with Gasteiger partial charge in [-0.1, -0.05) is 23.7 Å². The fourth-order valence-electron chi connectivity index (χ4n) is 5.51. The van der Waals surface area contributed by atoms with Gasteiger partial charge in [0, 0.05) is 65.7 Å². The second kappa shape index (κ2) is 12.0. The molecule has 13 heteroatoms. The Labute approximate surface area is 245 Å². The third-order valence-electron chi connectivity index (χ3n) is 7.53. The fraction of sp³-hybridized carbons (Fsp3) is 0.393. The van der Waals surface area contributed by atoms with Crippen molar-refractivity contribution >= 4 is 39.4 Å². The Hall–Kier alpha value is -3.13. The molecule has 2 atom stereocenters. The molecule has 2 aromatic heterocycles. The summed E-state index contributed by atoms with van der Waals surface area (Å²) < 4.78 is 35.3. The standard InChI is InChI=1S/C28H34ClN7O4S/c1-33(2)41(38,39)36-12-10-35(11-13-36)28-21-8-7-20(29)15-22(21)23(14-19-6-5-9-31-26(19)28)27(32-25(37)17-40-4)24-16-30-18-34(24)3/h5-9,14-16,18,27-28H,10-13,17H2,1-4H3,(H,32,37). The van der Waals surface area contributed by atoms with Crippen molar-refractivity contribution in [2.75, 3.05) is 54.0 Å². The van der Waals surface area contributed by atoms with Crippen LogP contribution >= 0.6 is 11.6 Å². The highest BCUT2D eigenvalue weighted by molar-refractivity contribution is 7.86. The number of ether oxygens (including phenoxy) is 1. The minimum Gasteiger partial charge on any atom is -0.375 e. The Kier molecular flexibility index (Phi) is 8.60. The number of halogens is 1. The summed E-state index contributed by atoms with van der Waals surface area (Å²) in [5.41, 5.74) is 5.21. The zero-order chi connectivity index (χ0) is 29.3. The summed E-state index contributed by atoms with van der Waals surface area (Å²) in [6.07, 6.45) is 7.25. The van der Waals surface area contributed by atoms with E-state index in [4.69, 9.17) is 21.3 Å². The maximum absolute atomic E-state index is 12.9. The molecular formula is C28H34ClN7O4S. The average Bonchev–Trinajstić information content (AvgIpc) is 3.31. The summed E-state index contributed by atoms with van der Waals surface area (Å²) in [4.78, 5) is 24.3. The second-order valence-electron chi connectivity index (χ2n) is 10.3. The maximum atomic E-state index is 12.9. The number of hydrogen-bond acceptors (Lipinski definition) is 7. The van der Waals surface area contributed by atoms with Crippen molar-refractivity contribution in [1.82, 2.24) is 33.4 Å². The van der Waals surface area contributed by atoms with Gasteiger partial charge in [-0.2, -0.15) is 17.0 Å². The van der Waals surface area contributed by atoms with E-state index in [1.54, 1.807) is 32.8 Å². The van der Waals surface area contributed by atoms with Crippen LogP contribution in [-0.2, 0) is 26.8 Å². The van der Waals surface area contributed by atoms with Crippen LogP contribution in [0.1, 0.15) is 40.2 Å². The van der Waals surface area contributed by atoms with Gasteiger partial charge < -0.3 is 14.6 Å². The third kappa shape index (κ3) is 5.81. The maximum Gasteiger partial charge on any atom is 0.281 e. The normalized spacial score (nSPS) is 18.8. The number of methoxy groups -OCH3 is 1. The Morgan fingerprint density at radius 3 is 2.63 bits per heavy atom. The molecule has 5 rings (SSSR count). The summed E-state index contributed by atoms with van der Waals surface area (Å²) in [6, 6.07) is 8.84. The molecule has 3 aromatic rings. The van der Waals surface area contributed by atoms with Crippen molar-refractivity contribution in [3.8, 4) is 0 Å². The molecule has 1 saturated heterocycles. The number of nitrogens with zero attached hydrogens (tertiary/aromatic N) is 6. The van der Waals surface area contributed by atoms with Crippen molar-refractivity contribution in [3.05, 3.63) is 82.2 Å². The lowest BCUT2D eigenvalue weighted by Gasteiger charge is -2.40. The van der Waals surface area contributed by atoms with Crippen LogP contribution in [0.4, 0.5) is 0 Å².